The first kappa shape index (κ1) is 21.9. The standard InChI is InChI=1S/C25H30N4O3/c1-16(2)26-25(32)19-8-6-12-21-18(19)9-7-13-28(21)15-24(31)29-17(3)14-23(30)27-20-10-4-5-11-22(20)29/h4-6,8,10-12,16-17H,7,9,13-15H2,1-3H3,(H,26,32)(H,27,30). The molecule has 0 spiro atoms. The number of para-hydroxylation sites is 2. The van der Waals surface area contributed by atoms with E-state index in [2.05, 4.69) is 15.5 Å². The largest absolute Gasteiger partial charge is 0.362 e. The van der Waals surface area contributed by atoms with E-state index in [4.69, 9.17) is 0 Å². The molecule has 0 saturated carbocycles. The lowest BCUT2D eigenvalue weighted by molar-refractivity contribution is -0.118. The maximum absolute atomic E-state index is 13.5. The number of benzene rings is 2. The summed E-state index contributed by atoms with van der Waals surface area (Å²) in [4.78, 5) is 42.3. The summed E-state index contributed by atoms with van der Waals surface area (Å²) in [6, 6.07) is 12.9. The minimum Gasteiger partial charge on any atom is -0.362 e. The summed E-state index contributed by atoms with van der Waals surface area (Å²) in [6.07, 6.45) is 1.93. The molecule has 0 aliphatic carbocycles. The number of carbonyl (C=O) groups is 3. The highest BCUT2D eigenvalue weighted by atomic mass is 16.2. The fraction of sp³-hybridized carbons (Fsp3) is 0.400. The number of nitrogens with zero attached hydrogens (tertiary/aromatic N) is 2. The molecule has 2 aliphatic rings. The van der Waals surface area contributed by atoms with Crippen LogP contribution in [-0.4, -0.2) is 42.9 Å². The van der Waals surface area contributed by atoms with Gasteiger partial charge in [0, 0.05) is 36.3 Å². The number of carbonyl (C=O) groups excluding carboxylic acids is 3. The van der Waals surface area contributed by atoms with Crippen LogP contribution in [0.15, 0.2) is 42.5 Å². The molecule has 2 aromatic carbocycles. The van der Waals surface area contributed by atoms with Crippen LogP contribution in [0.3, 0.4) is 0 Å². The van der Waals surface area contributed by atoms with E-state index in [9.17, 15) is 14.4 Å². The van der Waals surface area contributed by atoms with Gasteiger partial charge in [0.2, 0.25) is 11.8 Å². The zero-order valence-electron chi connectivity index (χ0n) is 18.9. The van der Waals surface area contributed by atoms with Crippen molar-refractivity contribution in [1.82, 2.24) is 5.32 Å². The van der Waals surface area contributed by atoms with Gasteiger partial charge in [0.15, 0.2) is 0 Å². The third kappa shape index (κ3) is 4.33. The zero-order valence-corrected chi connectivity index (χ0v) is 18.9. The van der Waals surface area contributed by atoms with Gasteiger partial charge in [-0.15, -0.1) is 0 Å². The van der Waals surface area contributed by atoms with E-state index in [1.807, 2.05) is 63.2 Å². The van der Waals surface area contributed by atoms with Gasteiger partial charge in [0.1, 0.15) is 0 Å². The molecule has 2 aliphatic heterocycles. The highest BCUT2D eigenvalue weighted by Crippen LogP contribution is 2.33. The van der Waals surface area contributed by atoms with E-state index < -0.39 is 0 Å². The van der Waals surface area contributed by atoms with Crippen molar-refractivity contribution in [3.05, 3.63) is 53.6 Å². The van der Waals surface area contributed by atoms with Gasteiger partial charge in [-0.05, 0) is 63.4 Å². The van der Waals surface area contributed by atoms with Crippen LogP contribution in [0, 0.1) is 0 Å². The monoisotopic (exact) mass is 434 g/mol. The Kier molecular flexibility index (Phi) is 6.17. The molecular weight excluding hydrogens is 404 g/mol. The third-order valence-electron chi connectivity index (χ3n) is 5.97. The topological polar surface area (TPSA) is 81.8 Å². The van der Waals surface area contributed by atoms with Crippen molar-refractivity contribution in [2.45, 2.75) is 52.1 Å². The Bertz CT molecular complexity index is 1050. The van der Waals surface area contributed by atoms with Crippen LogP contribution in [0.1, 0.15) is 49.5 Å². The number of rotatable bonds is 4. The number of amides is 3. The van der Waals surface area contributed by atoms with E-state index >= 15 is 0 Å². The van der Waals surface area contributed by atoms with Crippen LogP contribution in [-0.2, 0) is 16.0 Å². The second-order valence-electron chi connectivity index (χ2n) is 8.84. The molecule has 2 aromatic rings. The Balaban J connectivity index is 1.62. The normalized spacial score (nSPS) is 17.9. The lowest BCUT2D eigenvalue weighted by atomic mass is 9.95. The van der Waals surface area contributed by atoms with Crippen LogP contribution in [0.5, 0.6) is 0 Å². The Labute approximate surface area is 188 Å². The number of hydrogen-bond acceptors (Lipinski definition) is 4. The average molecular weight is 435 g/mol. The lowest BCUT2D eigenvalue weighted by Gasteiger charge is -2.35. The molecule has 168 valence electrons. The van der Waals surface area contributed by atoms with E-state index in [1.54, 1.807) is 4.90 Å². The number of hydrogen-bond donors (Lipinski definition) is 2. The molecule has 7 heteroatoms. The van der Waals surface area contributed by atoms with E-state index in [-0.39, 0.29) is 42.8 Å². The molecule has 1 atom stereocenters. The molecule has 2 N–H and O–H groups in total. The molecule has 2 heterocycles. The van der Waals surface area contributed by atoms with Crippen LogP contribution >= 0.6 is 0 Å². The Morgan fingerprint density at radius 2 is 1.88 bits per heavy atom. The zero-order chi connectivity index (χ0) is 22.8. The molecule has 0 radical (unpaired) electrons. The van der Waals surface area contributed by atoms with E-state index in [0.29, 0.717) is 11.3 Å². The number of fused-ring (bicyclic) bond motifs is 2. The Morgan fingerprint density at radius 3 is 2.66 bits per heavy atom. The van der Waals surface area contributed by atoms with Gasteiger partial charge >= 0.3 is 0 Å². The first-order valence-electron chi connectivity index (χ1n) is 11.2. The van der Waals surface area contributed by atoms with Crippen LogP contribution in [0.2, 0.25) is 0 Å². The molecule has 0 aromatic heterocycles. The first-order valence-corrected chi connectivity index (χ1v) is 11.2. The Morgan fingerprint density at radius 1 is 1.12 bits per heavy atom. The molecule has 32 heavy (non-hydrogen) atoms. The van der Waals surface area contributed by atoms with E-state index in [1.165, 1.54) is 0 Å². The molecule has 0 bridgehead atoms. The minimum absolute atomic E-state index is 0.0561. The fourth-order valence-corrected chi connectivity index (χ4v) is 4.62. The molecule has 4 rings (SSSR count). The molecular formula is C25H30N4O3. The summed E-state index contributed by atoms with van der Waals surface area (Å²) in [5.41, 5.74) is 3.98. The summed E-state index contributed by atoms with van der Waals surface area (Å²) in [5.74, 6) is -0.236. The predicted molar refractivity (Wildman–Crippen MR) is 126 cm³/mol. The van der Waals surface area contributed by atoms with Crippen LogP contribution in [0.25, 0.3) is 0 Å². The van der Waals surface area contributed by atoms with Crippen molar-refractivity contribution in [2.24, 2.45) is 0 Å². The van der Waals surface area contributed by atoms with Crippen molar-refractivity contribution in [3.8, 4) is 0 Å². The lowest BCUT2D eigenvalue weighted by Crippen LogP contribution is -2.46. The summed E-state index contributed by atoms with van der Waals surface area (Å²) >= 11 is 0. The molecule has 0 saturated heterocycles. The van der Waals surface area contributed by atoms with Crippen molar-refractivity contribution < 1.29 is 14.4 Å². The fourth-order valence-electron chi connectivity index (χ4n) is 4.62. The van der Waals surface area contributed by atoms with Gasteiger partial charge in [-0.1, -0.05) is 18.2 Å². The summed E-state index contributed by atoms with van der Waals surface area (Å²) in [6.45, 7) is 6.72. The van der Waals surface area contributed by atoms with Gasteiger partial charge in [-0.25, -0.2) is 0 Å². The summed E-state index contributed by atoms with van der Waals surface area (Å²) in [7, 11) is 0. The quantitative estimate of drug-likeness (QED) is 0.773. The molecule has 3 amide bonds. The van der Waals surface area contributed by atoms with Crippen LogP contribution < -0.4 is 20.4 Å². The number of nitrogens with one attached hydrogen (secondary N) is 2. The smallest absolute Gasteiger partial charge is 0.251 e. The summed E-state index contributed by atoms with van der Waals surface area (Å²) < 4.78 is 0. The van der Waals surface area contributed by atoms with Crippen molar-refractivity contribution in [2.75, 3.05) is 28.2 Å². The Hall–Kier alpha value is -3.35. The third-order valence-corrected chi connectivity index (χ3v) is 5.97. The second kappa shape index (κ2) is 9.02. The average Bonchev–Trinajstić information content (AvgIpc) is 2.87. The highest BCUT2D eigenvalue weighted by Gasteiger charge is 2.32. The van der Waals surface area contributed by atoms with Gasteiger partial charge in [-0.3, -0.25) is 14.4 Å². The SMILES string of the molecule is CC(C)NC(=O)c1cccc2c1CCCN2CC(=O)N1c2ccccc2NC(=O)CC1C. The maximum Gasteiger partial charge on any atom is 0.251 e. The van der Waals surface area contributed by atoms with Gasteiger partial charge in [-0.2, -0.15) is 0 Å². The first-order chi connectivity index (χ1) is 15.3. The molecule has 7 nitrogen and oxygen atoms in total. The van der Waals surface area contributed by atoms with Crippen molar-refractivity contribution >= 4 is 34.8 Å². The predicted octanol–water partition coefficient (Wildman–Crippen LogP) is 3.34. The van der Waals surface area contributed by atoms with Crippen molar-refractivity contribution in [1.29, 1.82) is 0 Å². The second-order valence-corrected chi connectivity index (χ2v) is 8.84. The maximum atomic E-state index is 13.5. The summed E-state index contributed by atoms with van der Waals surface area (Å²) in [5, 5.41) is 5.87. The molecule has 0 fully saturated rings. The van der Waals surface area contributed by atoms with Gasteiger partial charge in [0.05, 0.1) is 17.9 Å². The molecule has 1 unspecified atom stereocenters. The van der Waals surface area contributed by atoms with Crippen molar-refractivity contribution in [3.63, 3.8) is 0 Å². The van der Waals surface area contributed by atoms with Gasteiger partial charge < -0.3 is 20.4 Å². The van der Waals surface area contributed by atoms with Gasteiger partial charge in [0.25, 0.3) is 5.91 Å². The highest BCUT2D eigenvalue weighted by molar-refractivity contribution is 6.06. The minimum atomic E-state index is -0.251. The number of anilines is 3. The van der Waals surface area contributed by atoms with Crippen LogP contribution in [0.4, 0.5) is 17.1 Å². The van der Waals surface area contributed by atoms with E-state index in [0.717, 1.165) is 36.3 Å².